The summed E-state index contributed by atoms with van der Waals surface area (Å²) < 4.78 is 47.7. The van der Waals surface area contributed by atoms with Crippen LogP contribution in [0.15, 0.2) is 0 Å². The summed E-state index contributed by atoms with van der Waals surface area (Å²) in [5.41, 5.74) is 0. The predicted octanol–water partition coefficient (Wildman–Crippen LogP) is 1.09. The largest absolute Gasteiger partial charge is 0.463 e. The van der Waals surface area contributed by atoms with Crippen molar-refractivity contribution in [1.29, 1.82) is 0 Å². The predicted molar refractivity (Wildman–Crippen MR) is 113 cm³/mol. The van der Waals surface area contributed by atoms with Crippen LogP contribution in [0, 0.1) is 0 Å². The lowest BCUT2D eigenvalue weighted by molar-refractivity contribution is -0.142. The topological polar surface area (TPSA) is 100 Å². The molecule has 10 nitrogen and oxygen atoms in total. The molecule has 0 atom stereocenters. The van der Waals surface area contributed by atoms with Crippen molar-refractivity contribution in [2.75, 3.05) is 106 Å². The van der Waals surface area contributed by atoms with E-state index in [0.717, 1.165) is 0 Å². The molecule has 0 aromatic carbocycles. The molecule has 0 unspecified atom stereocenters. The number of hydrogen-bond acceptors (Lipinski definition) is 10. The molecule has 0 saturated carbocycles. The lowest BCUT2D eigenvalue weighted by Crippen LogP contribution is -2.15. The normalized spacial score (nSPS) is 11.4. The minimum atomic E-state index is -0.306. The Kier molecular flexibility index (Phi) is 24.7. The Hall–Kier alpha value is -0.850. The first-order chi connectivity index (χ1) is 15.1. The highest BCUT2D eigenvalue weighted by atomic mass is 16.6. The summed E-state index contributed by atoms with van der Waals surface area (Å²) in [6.45, 7) is 13.3. The number of hydrogen-bond donors (Lipinski definition) is 0. The van der Waals surface area contributed by atoms with Crippen LogP contribution in [0.25, 0.3) is 0 Å². The summed E-state index contributed by atoms with van der Waals surface area (Å²) in [5, 5.41) is 0. The van der Waals surface area contributed by atoms with E-state index in [1.807, 2.05) is 13.8 Å². The highest BCUT2D eigenvalue weighted by Crippen LogP contribution is 1.88. The van der Waals surface area contributed by atoms with Gasteiger partial charge in [-0.05, 0) is 13.8 Å². The van der Waals surface area contributed by atoms with Gasteiger partial charge in [-0.3, -0.25) is 4.79 Å². The van der Waals surface area contributed by atoms with Crippen molar-refractivity contribution in [1.82, 2.24) is 0 Å². The monoisotopic (exact) mass is 454 g/mol. The van der Waals surface area contributed by atoms with Gasteiger partial charge >= 0.3 is 5.97 Å². The van der Waals surface area contributed by atoms with Crippen LogP contribution in [-0.2, 0) is 47.4 Å². The van der Waals surface area contributed by atoms with Crippen LogP contribution in [0.3, 0.4) is 0 Å². The standard InChI is InChI=1S/C21H42O10/c1-20(2)30-18-16-28-14-12-26-10-8-24-6-4-23-5-7-25-9-11-27-13-15-29-17-19-31-21(3)22/h20H,4-19H2,1-3H3. The molecule has 0 heterocycles. The van der Waals surface area contributed by atoms with Gasteiger partial charge in [-0.25, -0.2) is 0 Å². The quantitative estimate of drug-likeness (QED) is 0.147. The van der Waals surface area contributed by atoms with E-state index in [1.54, 1.807) is 0 Å². The molecule has 0 aromatic heterocycles. The first-order valence-corrected chi connectivity index (χ1v) is 10.9. The number of ether oxygens (including phenoxy) is 9. The minimum absolute atomic E-state index is 0.234. The van der Waals surface area contributed by atoms with Crippen molar-refractivity contribution in [3.05, 3.63) is 0 Å². The number of carbonyl (C=O) groups excluding carboxylic acids is 1. The summed E-state index contributed by atoms with van der Waals surface area (Å²) in [6.07, 6.45) is 0.234. The second kappa shape index (κ2) is 25.4. The molecule has 0 aromatic rings. The zero-order valence-corrected chi connectivity index (χ0v) is 19.5. The second-order valence-electron chi connectivity index (χ2n) is 6.55. The first-order valence-electron chi connectivity index (χ1n) is 10.9. The van der Waals surface area contributed by atoms with Crippen LogP contribution in [0.1, 0.15) is 20.8 Å². The van der Waals surface area contributed by atoms with Gasteiger partial charge in [0.15, 0.2) is 0 Å². The smallest absolute Gasteiger partial charge is 0.302 e. The van der Waals surface area contributed by atoms with Gasteiger partial charge < -0.3 is 42.6 Å². The van der Waals surface area contributed by atoms with Crippen molar-refractivity contribution in [3.8, 4) is 0 Å². The summed E-state index contributed by atoms with van der Waals surface area (Å²) in [5.74, 6) is -0.306. The van der Waals surface area contributed by atoms with Crippen LogP contribution < -0.4 is 0 Å². The summed E-state index contributed by atoms with van der Waals surface area (Å²) in [7, 11) is 0. The van der Waals surface area contributed by atoms with Crippen LogP contribution in [0.2, 0.25) is 0 Å². The third kappa shape index (κ3) is 29.1. The molecule has 0 aliphatic heterocycles. The maximum atomic E-state index is 10.5. The number of esters is 1. The molecule has 186 valence electrons. The Balaban J connectivity index is 3.01. The molecular formula is C21H42O10. The molecule has 31 heavy (non-hydrogen) atoms. The van der Waals surface area contributed by atoms with Crippen LogP contribution >= 0.6 is 0 Å². The zero-order valence-electron chi connectivity index (χ0n) is 19.5. The minimum Gasteiger partial charge on any atom is -0.463 e. The molecule has 0 aliphatic rings. The Bertz CT molecular complexity index is 368. The fourth-order valence-electron chi connectivity index (χ4n) is 2.01. The van der Waals surface area contributed by atoms with Gasteiger partial charge in [0.05, 0.1) is 105 Å². The fraction of sp³-hybridized carbons (Fsp3) is 0.952. The molecule has 0 radical (unpaired) electrons. The molecule has 0 bridgehead atoms. The van der Waals surface area contributed by atoms with Crippen LogP contribution in [-0.4, -0.2) is 118 Å². The van der Waals surface area contributed by atoms with Gasteiger partial charge in [0.1, 0.15) is 6.61 Å². The van der Waals surface area contributed by atoms with Crippen molar-refractivity contribution in [3.63, 3.8) is 0 Å². The summed E-state index contributed by atoms with van der Waals surface area (Å²) >= 11 is 0. The number of carbonyl (C=O) groups is 1. The van der Waals surface area contributed by atoms with Gasteiger partial charge in [-0.2, -0.15) is 0 Å². The number of rotatable bonds is 25. The van der Waals surface area contributed by atoms with Crippen molar-refractivity contribution in [2.24, 2.45) is 0 Å². The van der Waals surface area contributed by atoms with Crippen LogP contribution in [0.4, 0.5) is 0 Å². The zero-order chi connectivity index (χ0) is 22.8. The highest BCUT2D eigenvalue weighted by Gasteiger charge is 1.96. The van der Waals surface area contributed by atoms with E-state index in [4.69, 9.17) is 42.6 Å². The molecule has 0 spiro atoms. The molecule has 0 fully saturated rings. The summed E-state index contributed by atoms with van der Waals surface area (Å²) in [6, 6.07) is 0. The molecule has 0 N–H and O–H groups in total. The van der Waals surface area contributed by atoms with E-state index in [-0.39, 0.29) is 18.7 Å². The Morgan fingerprint density at radius 3 is 1.00 bits per heavy atom. The Morgan fingerprint density at radius 1 is 0.484 bits per heavy atom. The van der Waals surface area contributed by atoms with Crippen molar-refractivity contribution in [2.45, 2.75) is 26.9 Å². The van der Waals surface area contributed by atoms with Gasteiger partial charge in [-0.1, -0.05) is 0 Å². The van der Waals surface area contributed by atoms with E-state index in [2.05, 4.69) is 0 Å². The van der Waals surface area contributed by atoms with Gasteiger partial charge in [-0.15, -0.1) is 0 Å². The van der Waals surface area contributed by atoms with E-state index < -0.39 is 0 Å². The molecule has 0 amide bonds. The molecular weight excluding hydrogens is 412 g/mol. The van der Waals surface area contributed by atoms with Crippen molar-refractivity contribution < 1.29 is 47.4 Å². The maximum Gasteiger partial charge on any atom is 0.302 e. The third-order valence-corrected chi connectivity index (χ3v) is 3.44. The lowest BCUT2D eigenvalue weighted by atomic mass is 10.5. The molecule has 10 heteroatoms. The van der Waals surface area contributed by atoms with E-state index >= 15 is 0 Å². The highest BCUT2D eigenvalue weighted by molar-refractivity contribution is 5.65. The third-order valence-electron chi connectivity index (χ3n) is 3.44. The molecule has 0 saturated heterocycles. The van der Waals surface area contributed by atoms with Gasteiger partial charge in [0.25, 0.3) is 0 Å². The maximum absolute atomic E-state index is 10.5. The first kappa shape index (κ1) is 30.1. The van der Waals surface area contributed by atoms with Crippen molar-refractivity contribution >= 4 is 5.97 Å². The fourth-order valence-corrected chi connectivity index (χ4v) is 2.01. The van der Waals surface area contributed by atoms with Crippen LogP contribution in [0.5, 0.6) is 0 Å². The second-order valence-corrected chi connectivity index (χ2v) is 6.55. The van der Waals surface area contributed by atoms with E-state index in [9.17, 15) is 4.79 Å². The SMILES string of the molecule is CC(=O)OCCOCCOCCOCCOCCOCCOCCOCCOC(C)C. The molecule has 0 rings (SSSR count). The molecule has 0 aliphatic carbocycles. The average molecular weight is 455 g/mol. The van der Waals surface area contributed by atoms with E-state index in [0.29, 0.717) is 99.1 Å². The van der Waals surface area contributed by atoms with Gasteiger partial charge in [0.2, 0.25) is 0 Å². The lowest BCUT2D eigenvalue weighted by Gasteiger charge is -2.09. The summed E-state index contributed by atoms with van der Waals surface area (Å²) in [4.78, 5) is 10.5. The Labute approximate surface area is 186 Å². The van der Waals surface area contributed by atoms with Gasteiger partial charge in [0, 0.05) is 6.92 Å². The van der Waals surface area contributed by atoms with E-state index in [1.165, 1.54) is 6.92 Å². The Morgan fingerprint density at radius 2 is 0.742 bits per heavy atom. The average Bonchev–Trinajstić information content (AvgIpc) is 2.73.